The number of hydrogen-bond donors (Lipinski definition) is 0. The van der Waals surface area contributed by atoms with E-state index in [9.17, 15) is 0 Å². The highest BCUT2D eigenvalue weighted by molar-refractivity contribution is 7.18. The summed E-state index contributed by atoms with van der Waals surface area (Å²) < 4.78 is 22.2. The van der Waals surface area contributed by atoms with Crippen LogP contribution in [0.2, 0.25) is 0 Å². The second kappa shape index (κ2) is 6.14. The summed E-state index contributed by atoms with van der Waals surface area (Å²) in [5, 5.41) is 0. The van der Waals surface area contributed by atoms with Gasteiger partial charge in [-0.05, 0) is 36.4 Å². The maximum Gasteiger partial charge on any atom is 0.237 e. The quantitative estimate of drug-likeness (QED) is 0.418. The normalized spacial score (nSPS) is 11.3. The molecular formula is C20H14N2O4S. The lowest BCUT2D eigenvalue weighted by molar-refractivity contribution is 0.415. The van der Waals surface area contributed by atoms with E-state index in [-0.39, 0.29) is 0 Å². The fourth-order valence-corrected chi connectivity index (χ4v) is 3.71. The first-order valence-corrected chi connectivity index (χ1v) is 9.05. The molecule has 0 unspecified atom stereocenters. The molecular weight excluding hydrogens is 364 g/mol. The number of hydrogen-bond acceptors (Lipinski definition) is 7. The SMILES string of the molecule is COc1ccc2oc(-c3ccc(-c4nc5cc(OC)ccc5o4)s3)nc2c1. The van der Waals surface area contributed by atoms with Crippen LogP contribution in [0.25, 0.3) is 43.7 Å². The third-order valence-electron chi connectivity index (χ3n) is 4.22. The molecule has 0 saturated carbocycles. The first kappa shape index (κ1) is 15.9. The average Bonchev–Trinajstić information content (AvgIpc) is 3.43. The van der Waals surface area contributed by atoms with Gasteiger partial charge in [0, 0.05) is 12.1 Å². The average molecular weight is 378 g/mol. The first-order valence-electron chi connectivity index (χ1n) is 8.23. The molecule has 0 amide bonds. The van der Waals surface area contributed by atoms with E-state index in [2.05, 4.69) is 9.97 Å². The monoisotopic (exact) mass is 378 g/mol. The standard InChI is InChI=1S/C20H14N2O4S/c1-23-11-3-5-15-13(9-11)21-19(25-15)17-7-8-18(27-17)20-22-14-10-12(24-2)4-6-16(14)26-20/h3-10H,1-2H3. The molecule has 0 aliphatic carbocycles. The van der Waals surface area contributed by atoms with Crippen molar-refractivity contribution in [1.29, 1.82) is 0 Å². The molecule has 27 heavy (non-hydrogen) atoms. The van der Waals surface area contributed by atoms with Gasteiger partial charge in [0.25, 0.3) is 0 Å². The number of fused-ring (bicyclic) bond motifs is 2. The van der Waals surface area contributed by atoms with E-state index in [4.69, 9.17) is 18.3 Å². The summed E-state index contributed by atoms with van der Waals surface area (Å²) in [5.41, 5.74) is 2.95. The Morgan fingerprint density at radius 3 is 1.63 bits per heavy atom. The molecule has 134 valence electrons. The number of rotatable bonds is 4. The minimum atomic E-state index is 0.562. The van der Waals surface area contributed by atoms with Crippen LogP contribution in [0, 0.1) is 0 Å². The van der Waals surface area contributed by atoms with Gasteiger partial charge in [0.15, 0.2) is 11.2 Å². The molecule has 5 rings (SSSR count). The maximum absolute atomic E-state index is 5.87. The maximum atomic E-state index is 5.87. The van der Waals surface area contributed by atoms with Crippen molar-refractivity contribution in [3.63, 3.8) is 0 Å². The third kappa shape index (κ3) is 2.72. The number of nitrogens with zero attached hydrogens (tertiary/aromatic N) is 2. The third-order valence-corrected chi connectivity index (χ3v) is 5.28. The summed E-state index contributed by atoms with van der Waals surface area (Å²) in [5.74, 6) is 2.62. The Hall–Kier alpha value is -3.32. The van der Waals surface area contributed by atoms with Gasteiger partial charge in [0.05, 0.1) is 24.0 Å². The second-order valence-corrected chi connectivity index (χ2v) is 6.95. The van der Waals surface area contributed by atoms with Crippen LogP contribution in [-0.4, -0.2) is 24.2 Å². The predicted octanol–water partition coefficient (Wildman–Crippen LogP) is 5.38. The summed E-state index contributed by atoms with van der Waals surface area (Å²) in [6.07, 6.45) is 0. The molecule has 7 heteroatoms. The number of ether oxygens (including phenoxy) is 2. The van der Waals surface area contributed by atoms with E-state index in [1.54, 1.807) is 14.2 Å². The van der Waals surface area contributed by atoms with E-state index < -0.39 is 0 Å². The number of benzene rings is 2. The van der Waals surface area contributed by atoms with Crippen LogP contribution in [0.4, 0.5) is 0 Å². The van der Waals surface area contributed by atoms with Crippen molar-refractivity contribution < 1.29 is 18.3 Å². The number of methoxy groups -OCH3 is 2. The molecule has 3 aromatic heterocycles. The van der Waals surface area contributed by atoms with E-state index in [1.165, 1.54) is 11.3 Å². The smallest absolute Gasteiger partial charge is 0.237 e. The molecule has 0 N–H and O–H groups in total. The molecule has 6 nitrogen and oxygen atoms in total. The summed E-state index contributed by atoms with van der Waals surface area (Å²) in [6.45, 7) is 0. The highest BCUT2D eigenvalue weighted by Crippen LogP contribution is 2.37. The molecule has 5 aromatic rings. The van der Waals surface area contributed by atoms with Gasteiger partial charge >= 0.3 is 0 Å². The highest BCUT2D eigenvalue weighted by Gasteiger charge is 2.15. The Morgan fingerprint density at radius 2 is 1.19 bits per heavy atom. The second-order valence-electron chi connectivity index (χ2n) is 5.87. The lowest BCUT2D eigenvalue weighted by atomic mass is 10.3. The Balaban J connectivity index is 1.52. The van der Waals surface area contributed by atoms with Gasteiger partial charge in [0.2, 0.25) is 11.8 Å². The summed E-state index contributed by atoms with van der Waals surface area (Å²) in [6, 6.07) is 15.0. The minimum absolute atomic E-state index is 0.562. The largest absolute Gasteiger partial charge is 0.497 e. The van der Waals surface area contributed by atoms with Gasteiger partial charge in [0.1, 0.15) is 22.5 Å². The van der Waals surface area contributed by atoms with Crippen molar-refractivity contribution in [2.45, 2.75) is 0 Å². The predicted molar refractivity (Wildman–Crippen MR) is 103 cm³/mol. The Kier molecular flexibility index (Phi) is 3.61. The zero-order valence-corrected chi connectivity index (χ0v) is 15.4. The number of oxazole rings is 2. The summed E-state index contributed by atoms with van der Waals surface area (Å²) in [7, 11) is 3.26. The van der Waals surface area contributed by atoms with Crippen LogP contribution in [0.15, 0.2) is 57.4 Å². The Labute approximate surface area is 158 Å². The van der Waals surface area contributed by atoms with Gasteiger partial charge in [-0.15, -0.1) is 11.3 Å². The van der Waals surface area contributed by atoms with E-state index in [0.717, 1.165) is 43.5 Å². The molecule has 2 aromatic carbocycles. The molecule has 0 bridgehead atoms. The summed E-state index contributed by atoms with van der Waals surface area (Å²) >= 11 is 1.51. The van der Waals surface area contributed by atoms with E-state index >= 15 is 0 Å². The van der Waals surface area contributed by atoms with Gasteiger partial charge in [-0.2, -0.15) is 0 Å². The van der Waals surface area contributed by atoms with Crippen LogP contribution in [0.3, 0.4) is 0 Å². The number of aromatic nitrogens is 2. The van der Waals surface area contributed by atoms with Crippen LogP contribution in [0.5, 0.6) is 11.5 Å². The minimum Gasteiger partial charge on any atom is -0.497 e. The van der Waals surface area contributed by atoms with Crippen molar-refractivity contribution >= 4 is 33.5 Å². The molecule has 0 radical (unpaired) electrons. The van der Waals surface area contributed by atoms with Crippen molar-refractivity contribution in [3.8, 4) is 33.0 Å². The topological polar surface area (TPSA) is 70.5 Å². The fraction of sp³-hybridized carbons (Fsp3) is 0.100. The molecule has 0 saturated heterocycles. The molecule has 0 aliphatic heterocycles. The van der Waals surface area contributed by atoms with E-state index in [0.29, 0.717) is 11.8 Å². The lowest BCUT2D eigenvalue weighted by Gasteiger charge is -1.95. The molecule has 3 heterocycles. The van der Waals surface area contributed by atoms with Gasteiger partial charge in [-0.25, -0.2) is 9.97 Å². The molecule has 0 fully saturated rings. The zero-order valence-electron chi connectivity index (χ0n) is 14.6. The number of thiophene rings is 1. The van der Waals surface area contributed by atoms with Gasteiger partial charge < -0.3 is 18.3 Å². The van der Waals surface area contributed by atoms with Crippen LogP contribution >= 0.6 is 11.3 Å². The molecule has 0 aliphatic rings. The van der Waals surface area contributed by atoms with E-state index in [1.807, 2.05) is 48.5 Å². The first-order chi connectivity index (χ1) is 13.2. The molecule has 0 spiro atoms. The van der Waals surface area contributed by atoms with Gasteiger partial charge in [-0.1, -0.05) is 0 Å². The Bertz CT molecular complexity index is 1170. The van der Waals surface area contributed by atoms with Crippen LogP contribution in [-0.2, 0) is 0 Å². The molecule has 0 atom stereocenters. The van der Waals surface area contributed by atoms with Crippen LogP contribution < -0.4 is 9.47 Å². The lowest BCUT2D eigenvalue weighted by Crippen LogP contribution is -1.80. The van der Waals surface area contributed by atoms with Gasteiger partial charge in [-0.3, -0.25) is 0 Å². The van der Waals surface area contributed by atoms with Crippen molar-refractivity contribution in [3.05, 3.63) is 48.5 Å². The summed E-state index contributed by atoms with van der Waals surface area (Å²) in [4.78, 5) is 10.9. The zero-order chi connectivity index (χ0) is 18.4. The highest BCUT2D eigenvalue weighted by atomic mass is 32.1. The van der Waals surface area contributed by atoms with Crippen molar-refractivity contribution in [2.75, 3.05) is 14.2 Å². The van der Waals surface area contributed by atoms with Crippen LogP contribution in [0.1, 0.15) is 0 Å². The van der Waals surface area contributed by atoms with Crippen molar-refractivity contribution in [2.24, 2.45) is 0 Å². The fourth-order valence-electron chi connectivity index (χ4n) is 2.85. The van der Waals surface area contributed by atoms with Crippen molar-refractivity contribution in [1.82, 2.24) is 9.97 Å². The Morgan fingerprint density at radius 1 is 0.704 bits per heavy atom.